The smallest absolute Gasteiger partial charge is 0.191 e. The van der Waals surface area contributed by atoms with E-state index in [4.69, 9.17) is 9.73 Å². The Hall–Kier alpha value is -1.64. The molecule has 1 saturated heterocycles. The molecular formula is C21H36N4O3S. The highest BCUT2D eigenvalue weighted by Gasteiger charge is 2.23. The average molecular weight is 425 g/mol. The van der Waals surface area contributed by atoms with Gasteiger partial charge in [-0.2, -0.15) is 0 Å². The number of aryl methyl sites for hydroxylation is 1. The lowest BCUT2D eigenvalue weighted by Gasteiger charge is -2.37. The van der Waals surface area contributed by atoms with E-state index in [-0.39, 0.29) is 0 Å². The third-order valence-electron chi connectivity index (χ3n) is 5.17. The molecule has 0 spiro atoms. The molecule has 7 nitrogen and oxygen atoms in total. The molecule has 1 aromatic rings. The number of benzene rings is 1. The number of aliphatic imine (C=N–C) groups is 1. The number of morpholine rings is 1. The first-order valence-electron chi connectivity index (χ1n) is 10.4. The van der Waals surface area contributed by atoms with Crippen molar-refractivity contribution >= 4 is 15.8 Å². The topological polar surface area (TPSA) is 83.0 Å². The van der Waals surface area contributed by atoms with E-state index in [9.17, 15) is 8.42 Å². The van der Waals surface area contributed by atoms with Crippen molar-refractivity contribution in [2.75, 3.05) is 45.6 Å². The molecule has 1 aromatic carbocycles. The van der Waals surface area contributed by atoms with Crippen molar-refractivity contribution in [2.45, 2.75) is 45.2 Å². The lowest BCUT2D eigenvalue weighted by Crippen LogP contribution is -2.52. The van der Waals surface area contributed by atoms with Crippen LogP contribution < -0.4 is 10.6 Å². The first-order valence-corrected chi connectivity index (χ1v) is 12.2. The predicted molar refractivity (Wildman–Crippen MR) is 118 cm³/mol. The van der Waals surface area contributed by atoms with E-state index in [0.717, 1.165) is 56.5 Å². The number of nitrogens with zero attached hydrogens (tertiary/aromatic N) is 2. The zero-order chi connectivity index (χ0) is 21.4. The van der Waals surface area contributed by atoms with Crippen molar-refractivity contribution in [3.05, 3.63) is 29.3 Å². The molecule has 8 heteroatoms. The molecule has 2 N–H and O–H groups in total. The standard InChI is InChI=1S/C21H36N4O3S/c1-6-22-21(24-15-19(16(2)3)25-9-11-28-12-10-25)23-14-18-7-8-20(17(4)13-18)29(5,26)27/h7-8,13,16,19H,6,9-12,14-15H2,1-5H3,(H2,22,23,24). The molecule has 1 heterocycles. The minimum atomic E-state index is -3.20. The molecule has 0 aliphatic carbocycles. The van der Waals surface area contributed by atoms with Gasteiger partial charge in [0.1, 0.15) is 0 Å². The first kappa shape index (κ1) is 23.6. The second-order valence-electron chi connectivity index (χ2n) is 7.91. The van der Waals surface area contributed by atoms with Gasteiger partial charge in [-0.05, 0) is 37.0 Å². The van der Waals surface area contributed by atoms with Crippen molar-refractivity contribution in [1.82, 2.24) is 15.5 Å². The highest BCUT2D eigenvalue weighted by Crippen LogP contribution is 2.17. The molecule has 29 heavy (non-hydrogen) atoms. The van der Waals surface area contributed by atoms with Gasteiger partial charge in [0.15, 0.2) is 15.8 Å². The Morgan fingerprint density at radius 1 is 1.24 bits per heavy atom. The van der Waals surface area contributed by atoms with Gasteiger partial charge in [0.05, 0.1) is 24.7 Å². The quantitative estimate of drug-likeness (QED) is 0.489. The molecule has 0 amide bonds. The van der Waals surface area contributed by atoms with Gasteiger partial charge in [0, 0.05) is 38.5 Å². The maximum absolute atomic E-state index is 11.8. The Balaban J connectivity index is 2.04. The average Bonchev–Trinajstić information content (AvgIpc) is 2.65. The molecule has 1 fully saturated rings. The largest absolute Gasteiger partial charge is 0.379 e. The Labute approximate surface area is 175 Å². The van der Waals surface area contributed by atoms with E-state index in [1.54, 1.807) is 6.07 Å². The highest BCUT2D eigenvalue weighted by atomic mass is 32.2. The molecule has 0 aromatic heterocycles. The molecule has 164 valence electrons. The number of ether oxygens (including phenoxy) is 1. The Morgan fingerprint density at radius 3 is 2.48 bits per heavy atom. The summed E-state index contributed by atoms with van der Waals surface area (Å²) in [5.41, 5.74) is 1.74. The van der Waals surface area contributed by atoms with Gasteiger partial charge in [-0.1, -0.05) is 26.0 Å². The zero-order valence-electron chi connectivity index (χ0n) is 18.4. The summed E-state index contributed by atoms with van der Waals surface area (Å²) in [4.78, 5) is 7.55. The van der Waals surface area contributed by atoms with E-state index in [2.05, 4.69) is 29.4 Å². The minimum absolute atomic E-state index is 0.376. The monoisotopic (exact) mass is 424 g/mol. The van der Waals surface area contributed by atoms with E-state index in [1.165, 1.54) is 6.26 Å². The van der Waals surface area contributed by atoms with Gasteiger partial charge in [-0.3, -0.25) is 4.90 Å². The fourth-order valence-electron chi connectivity index (χ4n) is 3.63. The SMILES string of the molecule is CCNC(=NCc1ccc(S(C)(=O)=O)c(C)c1)NCC(C(C)C)N1CCOCC1. The molecule has 1 aliphatic heterocycles. The fraction of sp³-hybridized carbons (Fsp3) is 0.667. The van der Waals surface area contributed by atoms with Crippen molar-refractivity contribution in [2.24, 2.45) is 10.9 Å². The van der Waals surface area contributed by atoms with Crippen molar-refractivity contribution in [1.29, 1.82) is 0 Å². The lowest BCUT2D eigenvalue weighted by atomic mass is 10.0. The lowest BCUT2D eigenvalue weighted by molar-refractivity contribution is 0.00752. The summed E-state index contributed by atoms with van der Waals surface area (Å²) in [6, 6.07) is 5.82. The van der Waals surface area contributed by atoms with Crippen LogP contribution in [0.15, 0.2) is 28.1 Å². The van der Waals surface area contributed by atoms with Crippen LogP contribution in [-0.2, 0) is 21.1 Å². The second kappa shape index (κ2) is 10.9. The Morgan fingerprint density at radius 2 is 1.93 bits per heavy atom. The fourth-order valence-corrected chi connectivity index (χ4v) is 4.59. The summed E-state index contributed by atoms with van der Waals surface area (Å²) in [6.07, 6.45) is 1.24. The number of guanidine groups is 1. The van der Waals surface area contributed by atoms with Crippen molar-refractivity contribution in [3.8, 4) is 0 Å². The highest BCUT2D eigenvalue weighted by molar-refractivity contribution is 7.90. The Kier molecular flexibility index (Phi) is 8.92. The number of hydrogen-bond donors (Lipinski definition) is 2. The van der Waals surface area contributed by atoms with Gasteiger partial charge in [-0.25, -0.2) is 13.4 Å². The van der Waals surface area contributed by atoms with Crippen LogP contribution in [0.4, 0.5) is 0 Å². The van der Waals surface area contributed by atoms with Crippen molar-refractivity contribution in [3.63, 3.8) is 0 Å². The number of rotatable bonds is 8. The van der Waals surface area contributed by atoms with E-state index in [0.29, 0.717) is 23.4 Å². The van der Waals surface area contributed by atoms with Crippen LogP contribution in [0.1, 0.15) is 31.9 Å². The maximum atomic E-state index is 11.8. The molecule has 0 radical (unpaired) electrons. The van der Waals surface area contributed by atoms with Crippen LogP contribution in [0.3, 0.4) is 0 Å². The molecular weight excluding hydrogens is 388 g/mol. The Bertz CT molecular complexity index is 787. The summed E-state index contributed by atoms with van der Waals surface area (Å²) in [5, 5.41) is 6.78. The normalized spacial score (nSPS) is 17.4. The van der Waals surface area contributed by atoms with Crippen molar-refractivity contribution < 1.29 is 13.2 Å². The summed E-state index contributed by atoms with van der Waals surface area (Å²) >= 11 is 0. The number of hydrogen-bond acceptors (Lipinski definition) is 5. The van der Waals surface area contributed by atoms with Crippen LogP contribution in [0.5, 0.6) is 0 Å². The summed E-state index contributed by atoms with van der Waals surface area (Å²) < 4.78 is 29.1. The zero-order valence-corrected chi connectivity index (χ0v) is 19.2. The van der Waals surface area contributed by atoms with Gasteiger partial charge in [0.25, 0.3) is 0 Å². The number of sulfone groups is 1. The van der Waals surface area contributed by atoms with Gasteiger partial charge >= 0.3 is 0 Å². The third kappa shape index (κ3) is 7.28. The summed E-state index contributed by atoms with van der Waals surface area (Å²) in [7, 11) is -3.20. The van der Waals surface area contributed by atoms with Gasteiger partial charge in [0.2, 0.25) is 0 Å². The summed E-state index contributed by atoms with van der Waals surface area (Å²) in [6.45, 7) is 14.0. The van der Waals surface area contributed by atoms with Crippen LogP contribution in [0, 0.1) is 12.8 Å². The number of nitrogens with one attached hydrogen (secondary N) is 2. The molecule has 0 bridgehead atoms. The van der Waals surface area contributed by atoms with Crippen LogP contribution in [-0.4, -0.2) is 71.0 Å². The minimum Gasteiger partial charge on any atom is -0.379 e. The van der Waals surface area contributed by atoms with Crippen LogP contribution in [0.25, 0.3) is 0 Å². The van der Waals surface area contributed by atoms with Gasteiger partial charge < -0.3 is 15.4 Å². The van der Waals surface area contributed by atoms with Crippen LogP contribution >= 0.6 is 0 Å². The van der Waals surface area contributed by atoms with E-state index < -0.39 is 9.84 Å². The predicted octanol–water partition coefficient (Wildman–Crippen LogP) is 1.81. The van der Waals surface area contributed by atoms with Crippen LogP contribution in [0.2, 0.25) is 0 Å². The molecule has 1 aliphatic rings. The molecule has 1 unspecified atom stereocenters. The molecule has 2 rings (SSSR count). The van der Waals surface area contributed by atoms with E-state index in [1.807, 2.05) is 26.0 Å². The third-order valence-corrected chi connectivity index (χ3v) is 6.42. The van der Waals surface area contributed by atoms with E-state index >= 15 is 0 Å². The molecule has 1 atom stereocenters. The maximum Gasteiger partial charge on any atom is 0.191 e. The summed E-state index contributed by atoms with van der Waals surface area (Å²) in [5.74, 6) is 1.30. The molecule has 0 saturated carbocycles. The second-order valence-corrected chi connectivity index (χ2v) is 9.89. The van der Waals surface area contributed by atoms with Gasteiger partial charge in [-0.15, -0.1) is 0 Å². The first-order chi connectivity index (χ1) is 13.7.